The third kappa shape index (κ3) is 2.14. The molecule has 6 heavy (non-hydrogen) atoms. The number of hydrogen-bond acceptors (Lipinski definition) is 3. The van der Waals surface area contributed by atoms with Crippen molar-refractivity contribution in [2.45, 2.75) is 6.35 Å². The molecule has 3 nitrogen and oxygen atoms in total. The molecule has 0 amide bonds. The highest BCUT2D eigenvalue weighted by atomic mass is 16.5. The quantitative estimate of drug-likeness (QED) is 0.432. The summed E-state index contributed by atoms with van der Waals surface area (Å²) in [6, 6.07) is 0. The van der Waals surface area contributed by atoms with Crippen molar-refractivity contribution in [3.8, 4) is 0 Å². The zero-order valence-electron chi connectivity index (χ0n) is 4.06. The van der Waals surface area contributed by atoms with Gasteiger partial charge in [0.25, 0.3) is 0 Å². The molecule has 0 aromatic carbocycles. The van der Waals surface area contributed by atoms with E-state index < -0.39 is 0 Å². The summed E-state index contributed by atoms with van der Waals surface area (Å²) < 4.78 is 4.57. The summed E-state index contributed by atoms with van der Waals surface area (Å²) in [5, 5.41) is 2.67. The maximum atomic E-state index is 5.14. The van der Waals surface area contributed by atoms with E-state index in [9.17, 15) is 0 Å². The van der Waals surface area contributed by atoms with Gasteiger partial charge in [-0.15, -0.1) is 0 Å². The van der Waals surface area contributed by atoms with E-state index in [4.69, 9.17) is 5.73 Å². The van der Waals surface area contributed by atoms with Crippen LogP contribution < -0.4 is 11.1 Å². The highest BCUT2D eigenvalue weighted by Crippen LogP contribution is 1.62. The molecule has 1 atom stereocenters. The summed E-state index contributed by atoms with van der Waals surface area (Å²) in [6.07, 6.45) is -0.315. The van der Waals surface area contributed by atoms with E-state index in [2.05, 4.69) is 10.1 Å². The van der Waals surface area contributed by atoms with Gasteiger partial charge in [0.15, 0.2) is 6.35 Å². The van der Waals surface area contributed by atoms with Crippen molar-refractivity contribution in [1.82, 2.24) is 5.32 Å². The van der Waals surface area contributed by atoms with E-state index in [1.165, 1.54) is 0 Å². The Morgan fingerprint density at radius 1 is 1.83 bits per heavy atom. The Kier molecular flexibility index (Phi) is 3.02. The molecule has 0 heterocycles. The predicted octanol–water partition coefficient (Wildman–Crippen LogP) is -0.905. The van der Waals surface area contributed by atoms with Gasteiger partial charge in [0.05, 0.1) is 0 Å². The van der Waals surface area contributed by atoms with Crippen molar-refractivity contribution in [2.75, 3.05) is 14.2 Å². The molecule has 0 aromatic rings. The van der Waals surface area contributed by atoms with Crippen LogP contribution in [-0.2, 0) is 4.74 Å². The maximum Gasteiger partial charge on any atom is 0.160 e. The predicted molar refractivity (Wildman–Crippen MR) is 24.0 cm³/mol. The topological polar surface area (TPSA) is 47.3 Å². The van der Waals surface area contributed by atoms with Gasteiger partial charge in [-0.3, -0.25) is 11.1 Å². The minimum absolute atomic E-state index is 0.315. The molecule has 0 aliphatic heterocycles. The Bertz CT molecular complexity index is 28.0. The number of nitrogens with one attached hydrogen (secondary N) is 1. The summed E-state index contributed by atoms with van der Waals surface area (Å²) in [5.41, 5.74) is 5.14. The van der Waals surface area contributed by atoms with Gasteiger partial charge in [-0.1, -0.05) is 0 Å². The van der Waals surface area contributed by atoms with Crippen LogP contribution in [0.5, 0.6) is 0 Å². The first-order valence-electron chi connectivity index (χ1n) is 1.77. The van der Waals surface area contributed by atoms with Crippen LogP contribution in [0.4, 0.5) is 0 Å². The first-order chi connectivity index (χ1) is 2.81. The molecule has 3 N–H and O–H groups in total. The first kappa shape index (κ1) is 5.88. The van der Waals surface area contributed by atoms with Crippen LogP contribution in [0, 0.1) is 0 Å². The van der Waals surface area contributed by atoms with Gasteiger partial charge in [0, 0.05) is 7.11 Å². The van der Waals surface area contributed by atoms with Crippen LogP contribution in [0.15, 0.2) is 0 Å². The summed E-state index contributed by atoms with van der Waals surface area (Å²) in [5.74, 6) is 0. The van der Waals surface area contributed by atoms with E-state index in [0.29, 0.717) is 0 Å². The molecule has 0 aliphatic rings. The van der Waals surface area contributed by atoms with Crippen molar-refractivity contribution in [1.29, 1.82) is 0 Å². The average molecular weight is 90.1 g/mol. The summed E-state index contributed by atoms with van der Waals surface area (Å²) in [4.78, 5) is 0. The third-order valence-electron chi connectivity index (χ3n) is 0.538. The molecule has 0 fully saturated rings. The Balaban J connectivity index is 2.75. The van der Waals surface area contributed by atoms with Crippen LogP contribution >= 0.6 is 0 Å². The normalized spacial score (nSPS) is 14.5. The molecule has 0 rings (SSSR count). The molecule has 0 aromatic heterocycles. The van der Waals surface area contributed by atoms with Crippen molar-refractivity contribution >= 4 is 0 Å². The second-order valence-electron chi connectivity index (χ2n) is 0.945. The largest absolute Gasteiger partial charge is 0.353 e. The molecular weight excluding hydrogens is 80.0 g/mol. The van der Waals surface area contributed by atoms with Crippen LogP contribution in [0.25, 0.3) is 0 Å². The van der Waals surface area contributed by atoms with Crippen molar-refractivity contribution in [3.05, 3.63) is 0 Å². The van der Waals surface area contributed by atoms with E-state index in [1.807, 2.05) is 0 Å². The Morgan fingerprint density at radius 2 is 2.33 bits per heavy atom. The standard InChI is InChI=1S/C3H10N2O/c1-5-3(4)6-2/h3,5H,4H2,1-2H3. The molecule has 0 aliphatic carbocycles. The van der Waals surface area contributed by atoms with Gasteiger partial charge < -0.3 is 4.74 Å². The minimum Gasteiger partial charge on any atom is -0.353 e. The number of hydrogen-bond donors (Lipinski definition) is 2. The van der Waals surface area contributed by atoms with Crippen molar-refractivity contribution in [3.63, 3.8) is 0 Å². The van der Waals surface area contributed by atoms with Crippen molar-refractivity contribution in [2.24, 2.45) is 5.73 Å². The summed E-state index contributed by atoms with van der Waals surface area (Å²) >= 11 is 0. The fraction of sp³-hybridized carbons (Fsp3) is 1.00. The summed E-state index contributed by atoms with van der Waals surface area (Å²) in [7, 11) is 3.27. The molecule has 1 unspecified atom stereocenters. The van der Waals surface area contributed by atoms with Gasteiger partial charge in [-0.25, -0.2) is 0 Å². The van der Waals surface area contributed by atoms with E-state index in [0.717, 1.165) is 0 Å². The highest BCUT2D eigenvalue weighted by molar-refractivity contribution is 4.30. The van der Waals surface area contributed by atoms with Crippen LogP contribution in [0.3, 0.4) is 0 Å². The molecular formula is C3H10N2O. The third-order valence-corrected chi connectivity index (χ3v) is 0.538. The van der Waals surface area contributed by atoms with Crippen LogP contribution in [0.2, 0.25) is 0 Å². The van der Waals surface area contributed by atoms with Crippen LogP contribution in [0.1, 0.15) is 0 Å². The molecule has 0 radical (unpaired) electrons. The maximum absolute atomic E-state index is 5.14. The van der Waals surface area contributed by atoms with Gasteiger partial charge in [-0.05, 0) is 7.05 Å². The Labute approximate surface area is 37.5 Å². The van der Waals surface area contributed by atoms with Gasteiger partial charge in [0.2, 0.25) is 0 Å². The lowest BCUT2D eigenvalue weighted by Gasteiger charge is -2.04. The van der Waals surface area contributed by atoms with Gasteiger partial charge in [-0.2, -0.15) is 0 Å². The van der Waals surface area contributed by atoms with Crippen LogP contribution in [-0.4, -0.2) is 20.5 Å². The SMILES string of the molecule is CNC(N)OC. The summed E-state index contributed by atoms with van der Waals surface area (Å²) in [6.45, 7) is 0. The molecule has 0 saturated heterocycles. The molecule has 38 valence electrons. The first-order valence-corrected chi connectivity index (χ1v) is 1.77. The van der Waals surface area contributed by atoms with Gasteiger partial charge in [0.1, 0.15) is 0 Å². The lowest BCUT2D eigenvalue weighted by atomic mass is 11.0. The Hall–Kier alpha value is -0.120. The number of rotatable bonds is 2. The molecule has 3 heteroatoms. The number of ether oxygens (including phenoxy) is 1. The second-order valence-corrected chi connectivity index (χ2v) is 0.945. The van der Waals surface area contributed by atoms with E-state index in [1.54, 1.807) is 14.2 Å². The fourth-order valence-electron chi connectivity index (χ4n) is 0.118. The molecule has 0 bridgehead atoms. The minimum atomic E-state index is -0.315. The van der Waals surface area contributed by atoms with Crippen molar-refractivity contribution < 1.29 is 4.74 Å². The fourth-order valence-corrected chi connectivity index (χ4v) is 0.118. The lowest BCUT2D eigenvalue weighted by molar-refractivity contribution is 0.0866. The zero-order chi connectivity index (χ0) is 4.99. The second kappa shape index (κ2) is 3.08. The molecule has 0 saturated carbocycles. The number of nitrogens with two attached hydrogens (primary N) is 1. The Morgan fingerprint density at radius 3 is 2.33 bits per heavy atom. The zero-order valence-corrected chi connectivity index (χ0v) is 4.06. The van der Waals surface area contributed by atoms with E-state index >= 15 is 0 Å². The smallest absolute Gasteiger partial charge is 0.160 e. The highest BCUT2D eigenvalue weighted by Gasteiger charge is 1.86. The monoisotopic (exact) mass is 90.1 g/mol. The number of methoxy groups -OCH3 is 1. The lowest BCUT2D eigenvalue weighted by Crippen LogP contribution is -2.35. The van der Waals surface area contributed by atoms with Gasteiger partial charge >= 0.3 is 0 Å². The van der Waals surface area contributed by atoms with E-state index in [-0.39, 0.29) is 6.35 Å². The average Bonchev–Trinajstić information content (AvgIpc) is 1.65. The molecule has 0 spiro atoms.